The highest BCUT2D eigenvalue weighted by atomic mass is 16.7. The maximum Gasteiger partial charge on any atom is 0.311 e. The van der Waals surface area contributed by atoms with Crippen LogP contribution in [0.1, 0.15) is 12.5 Å². The Morgan fingerprint density at radius 2 is 2.00 bits per heavy atom. The largest absolute Gasteiger partial charge is 0.508 e. The number of fused-ring (bicyclic) bond motifs is 2. The average molecular weight is 383 g/mol. The lowest BCUT2D eigenvalue weighted by atomic mass is 10.1. The van der Waals surface area contributed by atoms with Crippen molar-refractivity contribution in [1.29, 1.82) is 0 Å². The standard InChI is InChI=1S/C20H17NO7/c1-11(20(24)21-13-2-5-16-18(7-13)27-10-26-16)28-19(23)6-12-9-25-17-8-14(22)3-4-15(12)17/h2-5,7-9,11,22H,6,10H2,1H3,(H,21,24)/t11-/m1/s1. The molecule has 1 aliphatic rings. The molecule has 28 heavy (non-hydrogen) atoms. The summed E-state index contributed by atoms with van der Waals surface area (Å²) in [5.41, 5.74) is 1.59. The van der Waals surface area contributed by atoms with Crippen LogP contribution in [0.25, 0.3) is 11.0 Å². The average Bonchev–Trinajstić information content (AvgIpc) is 3.27. The molecule has 2 N–H and O–H groups in total. The van der Waals surface area contributed by atoms with Crippen LogP contribution in [0.15, 0.2) is 47.1 Å². The Hall–Kier alpha value is -3.68. The zero-order valence-corrected chi connectivity index (χ0v) is 14.9. The molecule has 1 aromatic heterocycles. The predicted molar refractivity (Wildman–Crippen MR) is 98.3 cm³/mol. The number of carbonyl (C=O) groups is 2. The summed E-state index contributed by atoms with van der Waals surface area (Å²) in [7, 11) is 0. The summed E-state index contributed by atoms with van der Waals surface area (Å²) in [4.78, 5) is 24.5. The van der Waals surface area contributed by atoms with Crippen LogP contribution in [0.4, 0.5) is 5.69 Å². The molecule has 0 saturated heterocycles. The van der Waals surface area contributed by atoms with Gasteiger partial charge in [-0.2, -0.15) is 0 Å². The highest BCUT2D eigenvalue weighted by molar-refractivity contribution is 5.95. The Bertz CT molecular complexity index is 1060. The monoisotopic (exact) mass is 383 g/mol. The molecule has 2 heterocycles. The van der Waals surface area contributed by atoms with Gasteiger partial charge in [0.05, 0.1) is 12.7 Å². The molecule has 144 valence electrons. The third kappa shape index (κ3) is 3.57. The first-order chi connectivity index (χ1) is 13.5. The minimum Gasteiger partial charge on any atom is -0.508 e. The Kier molecular flexibility index (Phi) is 4.52. The van der Waals surface area contributed by atoms with Crippen LogP contribution in [-0.4, -0.2) is 29.9 Å². The quantitative estimate of drug-likeness (QED) is 0.652. The van der Waals surface area contributed by atoms with Crippen molar-refractivity contribution in [3.63, 3.8) is 0 Å². The number of phenols is 1. The predicted octanol–water partition coefficient (Wildman–Crippen LogP) is 2.98. The molecule has 1 aliphatic heterocycles. The number of rotatable bonds is 5. The van der Waals surface area contributed by atoms with Crippen molar-refractivity contribution >= 4 is 28.5 Å². The Balaban J connectivity index is 1.36. The van der Waals surface area contributed by atoms with Crippen molar-refractivity contribution in [3.8, 4) is 17.2 Å². The number of nitrogens with one attached hydrogen (secondary N) is 1. The van der Waals surface area contributed by atoms with Gasteiger partial charge in [0.2, 0.25) is 6.79 Å². The molecule has 0 saturated carbocycles. The molecule has 0 bridgehead atoms. The summed E-state index contributed by atoms with van der Waals surface area (Å²) in [6, 6.07) is 9.64. The van der Waals surface area contributed by atoms with Crippen molar-refractivity contribution < 1.29 is 33.3 Å². The zero-order chi connectivity index (χ0) is 19.7. The van der Waals surface area contributed by atoms with Gasteiger partial charge in [-0.05, 0) is 31.2 Å². The number of phenolic OH excluding ortho intramolecular Hbond substituents is 1. The molecular formula is C20H17NO7. The zero-order valence-electron chi connectivity index (χ0n) is 14.9. The molecule has 0 aliphatic carbocycles. The van der Waals surface area contributed by atoms with Gasteiger partial charge in [0.25, 0.3) is 5.91 Å². The highest BCUT2D eigenvalue weighted by Crippen LogP contribution is 2.34. The first-order valence-corrected chi connectivity index (χ1v) is 8.58. The SMILES string of the molecule is C[C@@H](OC(=O)Cc1coc2cc(O)ccc12)C(=O)Nc1ccc2c(c1)OCO2. The van der Waals surface area contributed by atoms with E-state index < -0.39 is 18.0 Å². The summed E-state index contributed by atoms with van der Waals surface area (Å²) in [6.07, 6.45) is 0.391. The Labute approximate surface area is 159 Å². The molecule has 3 aromatic rings. The van der Waals surface area contributed by atoms with E-state index in [9.17, 15) is 14.7 Å². The van der Waals surface area contributed by atoms with Crippen LogP contribution in [0.5, 0.6) is 17.2 Å². The highest BCUT2D eigenvalue weighted by Gasteiger charge is 2.21. The number of aromatic hydroxyl groups is 1. The van der Waals surface area contributed by atoms with Gasteiger partial charge in [0.15, 0.2) is 17.6 Å². The second kappa shape index (κ2) is 7.15. The lowest BCUT2D eigenvalue weighted by Gasteiger charge is -2.13. The number of esters is 1. The van der Waals surface area contributed by atoms with Gasteiger partial charge in [0.1, 0.15) is 11.3 Å². The number of ether oxygens (including phenoxy) is 3. The van der Waals surface area contributed by atoms with Crippen molar-refractivity contribution in [2.75, 3.05) is 12.1 Å². The number of furan rings is 1. The van der Waals surface area contributed by atoms with Gasteiger partial charge in [0, 0.05) is 28.8 Å². The maximum atomic E-state index is 12.3. The van der Waals surface area contributed by atoms with Crippen LogP contribution in [-0.2, 0) is 20.7 Å². The molecule has 0 radical (unpaired) electrons. The molecule has 8 heteroatoms. The van der Waals surface area contributed by atoms with Crippen molar-refractivity contribution in [1.82, 2.24) is 0 Å². The molecule has 1 atom stereocenters. The smallest absolute Gasteiger partial charge is 0.311 e. The Morgan fingerprint density at radius 3 is 2.86 bits per heavy atom. The molecule has 0 spiro atoms. The fourth-order valence-electron chi connectivity index (χ4n) is 2.87. The van der Waals surface area contributed by atoms with Crippen molar-refractivity contribution in [2.45, 2.75) is 19.4 Å². The first-order valence-electron chi connectivity index (χ1n) is 8.58. The molecule has 0 unspecified atom stereocenters. The third-order valence-corrected chi connectivity index (χ3v) is 4.29. The number of amides is 1. The van der Waals surface area contributed by atoms with Gasteiger partial charge in [-0.15, -0.1) is 0 Å². The lowest BCUT2D eigenvalue weighted by molar-refractivity contribution is -0.152. The number of carbonyl (C=O) groups excluding carboxylic acids is 2. The summed E-state index contributed by atoms with van der Waals surface area (Å²) in [6.45, 7) is 1.63. The second-order valence-electron chi connectivity index (χ2n) is 6.31. The van der Waals surface area contributed by atoms with Crippen LogP contribution >= 0.6 is 0 Å². The van der Waals surface area contributed by atoms with Gasteiger partial charge in [-0.25, -0.2) is 0 Å². The van der Waals surface area contributed by atoms with E-state index in [1.165, 1.54) is 25.3 Å². The fraction of sp³-hybridized carbons (Fsp3) is 0.200. The van der Waals surface area contributed by atoms with Gasteiger partial charge < -0.3 is 29.1 Å². The minimum atomic E-state index is -0.986. The van der Waals surface area contributed by atoms with Crippen LogP contribution in [0, 0.1) is 0 Å². The van der Waals surface area contributed by atoms with Crippen LogP contribution in [0.3, 0.4) is 0 Å². The van der Waals surface area contributed by atoms with E-state index in [1.807, 2.05) is 0 Å². The molecule has 0 fully saturated rings. The van der Waals surface area contributed by atoms with E-state index in [-0.39, 0.29) is 19.0 Å². The third-order valence-electron chi connectivity index (χ3n) is 4.29. The van der Waals surface area contributed by atoms with Crippen molar-refractivity contribution in [3.05, 3.63) is 48.2 Å². The van der Waals surface area contributed by atoms with Crippen LogP contribution < -0.4 is 14.8 Å². The summed E-state index contributed by atoms with van der Waals surface area (Å²) in [5.74, 6) is 0.196. The first kappa shape index (κ1) is 17.7. The van der Waals surface area contributed by atoms with Crippen LogP contribution in [0.2, 0.25) is 0 Å². The van der Waals surface area contributed by atoms with E-state index in [1.54, 1.807) is 24.3 Å². The molecule has 2 aromatic carbocycles. The molecule has 4 rings (SSSR count). The topological polar surface area (TPSA) is 107 Å². The van der Waals surface area contributed by atoms with Crippen molar-refractivity contribution in [2.24, 2.45) is 0 Å². The molecule has 8 nitrogen and oxygen atoms in total. The van der Waals surface area contributed by atoms with Gasteiger partial charge in [-0.3, -0.25) is 9.59 Å². The summed E-state index contributed by atoms with van der Waals surface area (Å²) in [5, 5.41) is 12.8. The molecular weight excluding hydrogens is 366 g/mol. The normalized spacial score (nSPS) is 13.3. The maximum absolute atomic E-state index is 12.3. The number of anilines is 1. The number of hydrogen-bond donors (Lipinski definition) is 2. The number of hydrogen-bond acceptors (Lipinski definition) is 7. The van der Waals surface area contributed by atoms with E-state index >= 15 is 0 Å². The number of benzene rings is 2. The van der Waals surface area contributed by atoms with Gasteiger partial charge >= 0.3 is 5.97 Å². The van der Waals surface area contributed by atoms with E-state index in [0.717, 1.165) is 0 Å². The van der Waals surface area contributed by atoms with E-state index in [2.05, 4.69) is 5.32 Å². The van der Waals surface area contributed by atoms with E-state index in [0.29, 0.717) is 33.7 Å². The lowest BCUT2D eigenvalue weighted by Crippen LogP contribution is -2.30. The Morgan fingerprint density at radius 1 is 1.18 bits per heavy atom. The van der Waals surface area contributed by atoms with E-state index in [4.69, 9.17) is 18.6 Å². The second-order valence-corrected chi connectivity index (χ2v) is 6.31. The molecule has 1 amide bonds. The summed E-state index contributed by atoms with van der Waals surface area (Å²) < 4.78 is 21.0. The minimum absolute atomic E-state index is 0.0561. The fourth-order valence-corrected chi connectivity index (χ4v) is 2.87. The van der Waals surface area contributed by atoms with Gasteiger partial charge in [-0.1, -0.05) is 0 Å². The summed E-state index contributed by atoms with van der Waals surface area (Å²) >= 11 is 0.